The Morgan fingerprint density at radius 3 is 1.19 bits per heavy atom. The van der Waals surface area contributed by atoms with Crippen molar-refractivity contribution in [2.75, 3.05) is 27.4 Å². The van der Waals surface area contributed by atoms with Crippen molar-refractivity contribution in [2.45, 2.75) is 185 Å². The summed E-state index contributed by atoms with van der Waals surface area (Å²) in [5.41, 5.74) is 1.07. The summed E-state index contributed by atoms with van der Waals surface area (Å²) in [7, 11) is 2.79. The van der Waals surface area contributed by atoms with Crippen LogP contribution in [0.5, 0.6) is 23.0 Å². The largest absolute Gasteiger partial charge is 0.493 e. The summed E-state index contributed by atoms with van der Waals surface area (Å²) < 4.78 is 93.2. The van der Waals surface area contributed by atoms with Gasteiger partial charge in [-0.2, -0.15) is 0 Å². The fourth-order valence-electron chi connectivity index (χ4n) is 9.66. The van der Waals surface area contributed by atoms with Gasteiger partial charge in [0.15, 0.2) is 70.3 Å². The van der Waals surface area contributed by atoms with E-state index in [0.29, 0.717) is 11.1 Å². The molecule has 0 spiro atoms. The van der Waals surface area contributed by atoms with Crippen LogP contribution in [0.2, 0.25) is 0 Å². The quantitative estimate of drug-likeness (QED) is 0.0568. The van der Waals surface area contributed by atoms with Gasteiger partial charge in [0.05, 0.1) is 20.6 Å². The van der Waals surface area contributed by atoms with E-state index in [2.05, 4.69) is 0 Å². The molecule has 22 heteroatoms. The second-order valence-corrected chi connectivity index (χ2v) is 21.0. The second kappa shape index (κ2) is 23.7. The van der Waals surface area contributed by atoms with E-state index >= 15 is 0 Å². The molecule has 10 atom stereocenters. The Morgan fingerprint density at radius 1 is 0.455 bits per heavy atom. The van der Waals surface area contributed by atoms with Crippen molar-refractivity contribution in [2.24, 2.45) is 0 Å². The van der Waals surface area contributed by atoms with Crippen LogP contribution in [0.1, 0.15) is 111 Å². The second-order valence-electron chi connectivity index (χ2n) is 21.0. The van der Waals surface area contributed by atoms with Crippen LogP contribution in [0.4, 0.5) is 0 Å². The monoisotopic (exact) mass is 1080 g/mol. The SMILES string of the molecule is COc1cc(/C=C/C(=O)CC(=O)/C=C/c2ccc(OC(=O)CCCC(=O)OC[C@H]3O[C@@H]4OC(C)(C)O[C@@H]4[C@H]4OC(C)(C)O[C@H]43)c(OC)c2)ccc1OC(=O)CCCC(=O)OC[C@H]1O[C@@H]2OC(C)(C)O[C@@H]2[C@H]2OC(C)(C)O[C@H]21. The van der Waals surface area contributed by atoms with Crippen LogP contribution < -0.4 is 18.9 Å². The molecule has 8 rings (SSSR count). The van der Waals surface area contributed by atoms with Crippen LogP contribution in [-0.4, -0.2) is 147 Å². The molecule has 0 bridgehead atoms. The first kappa shape index (κ1) is 57.5. The average Bonchev–Trinajstić information content (AvgIpc) is 4.11. The highest BCUT2D eigenvalue weighted by Gasteiger charge is 2.62. The Bertz CT molecular complexity index is 2410. The standard InChI is InChI=1S/C55H68O22/c1-52(2)70-44-38(68-50-48(46(44)72-52)74-54(5,6)76-50)28-64-40(58)13-11-15-42(60)66-34-23-19-30(25-36(34)62-9)17-21-32(56)27-33(57)22-18-31-20-24-35(37(26-31)63-10)67-43(61)16-12-14-41(59)65-29-39-45-47(73-53(3,4)71-45)49-51(69-39)77-55(7,8)75-49/h17-26,38-39,44-51H,11-16,27-29H2,1-10H3/b21-17+,22-18+/t38-,39-,44+,45+,46+,47+,48-,49-,50-,51-/m1/s1. The van der Waals surface area contributed by atoms with Gasteiger partial charge in [0, 0.05) is 25.7 Å². The number of allylic oxidation sites excluding steroid dienone is 2. The average molecular weight is 1080 g/mol. The minimum atomic E-state index is -0.898. The third kappa shape index (κ3) is 14.9. The molecule has 2 aromatic carbocycles. The molecular weight excluding hydrogens is 1010 g/mol. The van der Waals surface area contributed by atoms with E-state index in [9.17, 15) is 28.8 Å². The van der Waals surface area contributed by atoms with Gasteiger partial charge >= 0.3 is 23.9 Å². The van der Waals surface area contributed by atoms with Crippen LogP contribution in [0.15, 0.2) is 48.6 Å². The van der Waals surface area contributed by atoms with Crippen molar-refractivity contribution in [3.8, 4) is 23.0 Å². The molecule has 22 nitrogen and oxygen atoms in total. The molecule has 6 heterocycles. The lowest BCUT2D eigenvalue weighted by Crippen LogP contribution is -2.56. The van der Waals surface area contributed by atoms with Gasteiger partial charge in [0.2, 0.25) is 0 Å². The van der Waals surface area contributed by atoms with Crippen LogP contribution in [-0.2, 0) is 85.6 Å². The lowest BCUT2D eigenvalue weighted by Gasteiger charge is -2.36. The number of fused-ring (bicyclic) bond motifs is 6. The van der Waals surface area contributed by atoms with Crippen LogP contribution >= 0.6 is 0 Å². The van der Waals surface area contributed by atoms with Gasteiger partial charge in [-0.3, -0.25) is 28.8 Å². The molecule has 0 N–H and O–H groups in total. The molecule has 0 amide bonds. The molecule has 0 radical (unpaired) electrons. The summed E-state index contributed by atoms with van der Waals surface area (Å²) >= 11 is 0. The van der Waals surface area contributed by atoms with E-state index < -0.39 is 126 Å². The number of ketones is 2. The third-order valence-corrected chi connectivity index (χ3v) is 12.9. The maximum atomic E-state index is 12.8. The van der Waals surface area contributed by atoms with Crippen molar-refractivity contribution in [1.29, 1.82) is 0 Å². The van der Waals surface area contributed by atoms with Crippen molar-refractivity contribution >= 4 is 47.6 Å². The number of esters is 4. The van der Waals surface area contributed by atoms with Crippen molar-refractivity contribution in [1.82, 2.24) is 0 Å². The first-order chi connectivity index (χ1) is 36.4. The van der Waals surface area contributed by atoms with Gasteiger partial charge in [0.1, 0.15) is 62.0 Å². The summed E-state index contributed by atoms with van der Waals surface area (Å²) in [6.07, 6.45) is -0.804. The van der Waals surface area contributed by atoms with Crippen molar-refractivity contribution < 1.29 is 105 Å². The van der Waals surface area contributed by atoms with E-state index in [4.69, 9.17) is 75.8 Å². The lowest BCUT2D eigenvalue weighted by atomic mass is 9.99. The van der Waals surface area contributed by atoms with E-state index in [1.165, 1.54) is 50.7 Å². The Balaban J connectivity index is 0.717. The summed E-state index contributed by atoms with van der Waals surface area (Å²) in [5.74, 6) is -6.10. The summed E-state index contributed by atoms with van der Waals surface area (Å²) in [6, 6.07) is 9.33. The molecule has 6 saturated heterocycles. The minimum absolute atomic E-state index is 0.0576. The Labute approximate surface area is 446 Å². The Hall–Kier alpha value is -5.66. The minimum Gasteiger partial charge on any atom is -0.493 e. The normalized spacial score (nSPS) is 29.0. The first-order valence-electron chi connectivity index (χ1n) is 25.6. The zero-order valence-corrected chi connectivity index (χ0v) is 44.9. The summed E-state index contributed by atoms with van der Waals surface area (Å²) in [4.78, 5) is 76.4. The van der Waals surface area contributed by atoms with E-state index in [0.717, 1.165) is 0 Å². The van der Waals surface area contributed by atoms with E-state index in [1.54, 1.807) is 79.7 Å². The van der Waals surface area contributed by atoms with E-state index in [1.807, 2.05) is 0 Å². The number of hydrogen-bond donors (Lipinski definition) is 0. The molecule has 6 aliphatic heterocycles. The lowest BCUT2D eigenvalue weighted by molar-refractivity contribution is -0.242. The topological polar surface area (TPSA) is 250 Å². The molecule has 0 unspecified atom stereocenters. The highest BCUT2D eigenvalue weighted by Crippen LogP contribution is 2.46. The van der Waals surface area contributed by atoms with Gasteiger partial charge in [-0.15, -0.1) is 0 Å². The molecule has 6 aliphatic rings. The fourth-order valence-corrected chi connectivity index (χ4v) is 9.66. The van der Waals surface area contributed by atoms with Crippen LogP contribution in [0.25, 0.3) is 12.2 Å². The molecule has 420 valence electrons. The maximum absolute atomic E-state index is 12.8. The first-order valence-corrected chi connectivity index (χ1v) is 25.6. The molecule has 6 fully saturated rings. The predicted octanol–water partition coefficient (Wildman–Crippen LogP) is 5.99. The highest BCUT2D eigenvalue weighted by molar-refractivity contribution is 6.11. The molecule has 0 aromatic heterocycles. The number of rotatable bonds is 22. The van der Waals surface area contributed by atoms with Gasteiger partial charge in [-0.25, -0.2) is 0 Å². The molecule has 2 aromatic rings. The third-order valence-electron chi connectivity index (χ3n) is 12.9. The van der Waals surface area contributed by atoms with Crippen LogP contribution in [0, 0.1) is 0 Å². The zero-order chi connectivity index (χ0) is 55.5. The fraction of sp³-hybridized carbons (Fsp3) is 0.600. The molecule has 0 saturated carbocycles. The number of carbonyl (C=O) groups is 6. The number of carbonyl (C=O) groups excluding carboxylic acids is 6. The number of benzene rings is 2. The van der Waals surface area contributed by atoms with E-state index in [-0.39, 0.29) is 74.7 Å². The van der Waals surface area contributed by atoms with Gasteiger partial charge in [-0.05, 0) is 116 Å². The predicted molar refractivity (Wildman–Crippen MR) is 265 cm³/mol. The summed E-state index contributed by atoms with van der Waals surface area (Å²) in [5, 5.41) is 0. The zero-order valence-electron chi connectivity index (χ0n) is 44.9. The smallest absolute Gasteiger partial charge is 0.311 e. The number of methoxy groups -OCH3 is 2. The number of hydrogen-bond acceptors (Lipinski definition) is 22. The summed E-state index contributed by atoms with van der Waals surface area (Å²) in [6.45, 7) is 14.0. The van der Waals surface area contributed by atoms with Crippen molar-refractivity contribution in [3.63, 3.8) is 0 Å². The van der Waals surface area contributed by atoms with Crippen molar-refractivity contribution in [3.05, 3.63) is 59.7 Å². The maximum Gasteiger partial charge on any atom is 0.311 e. The highest BCUT2D eigenvalue weighted by atomic mass is 16.9. The Kier molecular flexibility index (Phi) is 17.7. The molecule has 77 heavy (non-hydrogen) atoms. The number of ether oxygens (including phenoxy) is 16. The Morgan fingerprint density at radius 2 is 0.805 bits per heavy atom. The molecule has 0 aliphatic carbocycles. The molecular formula is C55H68O22. The van der Waals surface area contributed by atoms with Gasteiger partial charge in [0.25, 0.3) is 0 Å². The van der Waals surface area contributed by atoms with Gasteiger partial charge in [-0.1, -0.05) is 24.3 Å². The van der Waals surface area contributed by atoms with Gasteiger partial charge < -0.3 is 75.8 Å². The van der Waals surface area contributed by atoms with Crippen LogP contribution in [0.3, 0.4) is 0 Å².